The van der Waals surface area contributed by atoms with Gasteiger partial charge in [-0.05, 0) is 122 Å². The molecule has 0 N–H and O–H groups in total. The largest absolute Gasteiger partial charge is 0.462 e. The first-order chi connectivity index (χ1) is 38.5. The van der Waals surface area contributed by atoms with Gasteiger partial charge in [0, 0.05) is 19.3 Å². The Balaban J connectivity index is 4.18. The SMILES string of the molecule is CC/C=C\C/C=C\C/C=C\C/C=C\C/C=C\C/C=C\CCCCCCCCCCCCCCCCC(=O)OCC(COC(=O)CCCCCCC/C=C\C/C=C\CCC)OC(=O)CCCCCCC/C=C\CCCCCCC. The summed E-state index contributed by atoms with van der Waals surface area (Å²) in [6.07, 6.45) is 89.7. The van der Waals surface area contributed by atoms with E-state index in [2.05, 4.69) is 130 Å². The first-order valence-corrected chi connectivity index (χ1v) is 32.9. The van der Waals surface area contributed by atoms with Crippen LogP contribution in [0.1, 0.15) is 310 Å². The van der Waals surface area contributed by atoms with Crippen LogP contribution in [0.5, 0.6) is 0 Å². The lowest BCUT2D eigenvalue weighted by molar-refractivity contribution is -0.167. The van der Waals surface area contributed by atoms with Crippen LogP contribution in [0.3, 0.4) is 0 Å². The molecule has 0 aliphatic rings. The molecule has 0 radical (unpaired) electrons. The van der Waals surface area contributed by atoms with Gasteiger partial charge in [0.25, 0.3) is 0 Å². The fourth-order valence-electron chi connectivity index (χ4n) is 9.07. The molecule has 0 bridgehead atoms. The van der Waals surface area contributed by atoms with E-state index in [1.54, 1.807) is 0 Å². The third-order valence-electron chi connectivity index (χ3n) is 14.0. The van der Waals surface area contributed by atoms with Crippen LogP contribution in [-0.4, -0.2) is 37.2 Å². The molecule has 0 rings (SSSR count). The third kappa shape index (κ3) is 62.9. The molecule has 0 aromatic heterocycles. The standard InChI is InChI=1S/C72H122O6/c1-4-7-10-13-16-19-22-25-27-28-29-30-31-32-33-34-35-36-37-38-39-40-41-42-43-44-45-48-50-53-56-59-62-65-71(74)77-68-69(67-76-70(73)64-61-58-55-52-49-46-24-21-18-15-12-9-6-3)78-72(75)66-63-60-57-54-51-47-26-23-20-17-14-11-8-5-2/h7,10,12,15-16,19,21,23-27,29-30,32-33,35-36,69H,4-6,8-9,11,13-14,17-18,20,22,28,31,34,37-68H2,1-3H3/b10-7-,15-12-,19-16-,24-21-,26-23-,27-25-,30-29-,33-32-,36-35-. The molecule has 0 saturated carbocycles. The molecule has 1 unspecified atom stereocenters. The number of esters is 3. The average molecular weight is 1080 g/mol. The number of rotatable bonds is 59. The van der Waals surface area contributed by atoms with E-state index in [1.807, 2.05) is 0 Å². The Morgan fingerprint density at radius 2 is 0.526 bits per heavy atom. The van der Waals surface area contributed by atoms with Crippen molar-refractivity contribution < 1.29 is 28.6 Å². The fourth-order valence-corrected chi connectivity index (χ4v) is 9.07. The number of unbranched alkanes of at least 4 members (excludes halogenated alkanes) is 30. The van der Waals surface area contributed by atoms with Gasteiger partial charge in [0.1, 0.15) is 13.2 Å². The summed E-state index contributed by atoms with van der Waals surface area (Å²) >= 11 is 0. The highest BCUT2D eigenvalue weighted by Crippen LogP contribution is 2.16. The zero-order valence-electron chi connectivity index (χ0n) is 51.2. The summed E-state index contributed by atoms with van der Waals surface area (Å²) in [4.78, 5) is 38.2. The normalized spacial score (nSPS) is 12.8. The Hall–Kier alpha value is -3.93. The number of carbonyl (C=O) groups excluding carboxylic acids is 3. The summed E-state index contributed by atoms with van der Waals surface area (Å²) in [5, 5.41) is 0. The molecule has 0 aliphatic heterocycles. The summed E-state index contributed by atoms with van der Waals surface area (Å²) in [7, 11) is 0. The molecule has 0 fully saturated rings. The molecule has 0 aromatic rings. The van der Waals surface area contributed by atoms with E-state index in [-0.39, 0.29) is 31.1 Å². The second kappa shape index (κ2) is 65.6. The summed E-state index contributed by atoms with van der Waals surface area (Å²) in [5.41, 5.74) is 0. The number of allylic oxidation sites excluding steroid dienone is 18. The lowest BCUT2D eigenvalue weighted by atomic mass is 10.0. The molecular weight excluding hydrogens is 961 g/mol. The Morgan fingerprint density at radius 3 is 0.846 bits per heavy atom. The van der Waals surface area contributed by atoms with Gasteiger partial charge in [-0.1, -0.05) is 278 Å². The maximum atomic E-state index is 12.9. The van der Waals surface area contributed by atoms with Crippen molar-refractivity contribution in [3.8, 4) is 0 Å². The van der Waals surface area contributed by atoms with E-state index < -0.39 is 6.10 Å². The predicted molar refractivity (Wildman–Crippen MR) is 339 cm³/mol. The number of carbonyl (C=O) groups is 3. The van der Waals surface area contributed by atoms with E-state index in [4.69, 9.17) is 14.2 Å². The topological polar surface area (TPSA) is 78.9 Å². The summed E-state index contributed by atoms with van der Waals surface area (Å²) < 4.78 is 16.9. The average Bonchev–Trinajstić information content (AvgIpc) is 3.44. The van der Waals surface area contributed by atoms with Crippen molar-refractivity contribution in [2.75, 3.05) is 13.2 Å². The Morgan fingerprint density at radius 1 is 0.269 bits per heavy atom. The molecule has 0 heterocycles. The van der Waals surface area contributed by atoms with Crippen LogP contribution in [0.2, 0.25) is 0 Å². The van der Waals surface area contributed by atoms with Gasteiger partial charge in [-0.25, -0.2) is 0 Å². The van der Waals surface area contributed by atoms with Gasteiger partial charge in [0.15, 0.2) is 6.10 Å². The van der Waals surface area contributed by atoms with E-state index in [0.717, 1.165) is 141 Å². The van der Waals surface area contributed by atoms with E-state index in [9.17, 15) is 14.4 Å². The van der Waals surface area contributed by atoms with E-state index >= 15 is 0 Å². The van der Waals surface area contributed by atoms with Gasteiger partial charge in [-0.3, -0.25) is 14.4 Å². The summed E-state index contributed by atoms with van der Waals surface area (Å²) in [6.45, 7) is 6.45. The zero-order chi connectivity index (χ0) is 56.4. The van der Waals surface area contributed by atoms with Gasteiger partial charge < -0.3 is 14.2 Å². The van der Waals surface area contributed by atoms with Gasteiger partial charge in [-0.15, -0.1) is 0 Å². The number of hydrogen-bond acceptors (Lipinski definition) is 6. The van der Waals surface area contributed by atoms with Crippen LogP contribution in [-0.2, 0) is 28.6 Å². The highest BCUT2D eigenvalue weighted by atomic mass is 16.6. The van der Waals surface area contributed by atoms with Crippen molar-refractivity contribution in [1.29, 1.82) is 0 Å². The molecule has 1 atom stereocenters. The zero-order valence-corrected chi connectivity index (χ0v) is 51.2. The number of ether oxygens (including phenoxy) is 3. The molecule has 0 aromatic carbocycles. The van der Waals surface area contributed by atoms with E-state index in [0.29, 0.717) is 19.3 Å². The van der Waals surface area contributed by atoms with Crippen LogP contribution in [0.4, 0.5) is 0 Å². The molecule has 0 spiro atoms. The van der Waals surface area contributed by atoms with Crippen LogP contribution in [0.25, 0.3) is 0 Å². The molecule has 0 aliphatic carbocycles. The van der Waals surface area contributed by atoms with E-state index in [1.165, 1.54) is 128 Å². The monoisotopic (exact) mass is 1080 g/mol. The van der Waals surface area contributed by atoms with Crippen molar-refractivity contribution in [2.45, 2.75) is 316 Å². The van der Waals surface area contributed by atoms with Crippen LogP contribution < -0.4 is 0 Å². The highest BCUT2D eigenvalue weighted by Gasteiger charge is 2.19. The van der Waals surface area contributed by atoms with Gasteiger partial charge >= 0.3 is 17.9 Å². The highest BCUT2D eigenvalue weighted by molar-refractivity contribution is 5.71. The van der Waals surface area contributed by atoms with Crippen molar-refractivity contribution in [2.24, 2.45) is 0 Å². The first-order valence-electron chi connectivity index (χ1n) is 32.9. The minimum atomic E-state index is -0.788. The lowest BCUT2D eigenvalue weighted by Crippen LogP contribution is -2.30. The van der Waals surface area contributed by atoms with Crippen molar-refractivity contribution in [3.05, 3.63) is 109 Å². The second-order valence-electron chi connectivity index (χ2n) is 21.6. The Bertz CT molecular complexity index is 1570. The van der Waals surface area contributed by atoms with Gasteiger partial charge in [0.2, 0.25) is 0 Å². The molecule has 6 nitrogen and oxygen atoms in total. The quantitative estimate of drug-likeness (QED) is 0.0261. The van der Waals surface area contributed by atoms with Crippen molar-refractivity contribution >= 4 is 17.9 Å². The maximum Gasteiger partial charge on any atom is 0.306 e. The molecule has 0 saturated heterocycles. The fraction of sp³-hybridized carbons (Fsp3) is 0.708. The smallest absolute Gasteiger partial charge is 0.306 e. The minimum Gasteiger partial charge on any atom is -0.462 e. The van der Waals surface area contributed by atoms with Gasteiger partial charge in [0.05, 0.1) is 0 Å². The van der Waals surface area contributed by atoms with Crippen LogP contribution in [0.15, 0.2) is 109 Å². The molecule has 0 amide bonds. The van der Waals surface area contributed by atoms with Crippen molar-refractivity contribution in [1.82, 2.24) is 0 Å². The summed E-state index contributed by atoms with van der Waals surface area (Å²) in [5.74, 6) is -0.901. The number of hydrogen-bond donors (Lipinski definition) is 0. The van der Waals surface area contributed by atoms with Crippen LogP contribution >= 0.6 is 0 Å². The second-order valence-corrected chi connectivity index (χ2v) is 21.6. The third-order valence-corrected chi connectivity index (χ3v) is 14.0. The Kier molecular flexibility index (Phi) is 62.3. The molecule has 6 heteroatoms. The molecule has 446 valence electrons. The molecule has 78 heavy (non-hydrogen) atoms. The summed E-state index contributed by atoms with van der Waals surface area (Å²) in [6, 6.07) is 0. The first kappa shape index (κ1) is 74.1. The maximum absolute atomic E-state index is 12.9. The minimum absolute atomic E-state index is 0.0847. The predicted octanol–water partition coefficient (Wildman–Crippen LogP) is 22.6. The van der Waals surface area contributed by atoms with Gasteiger partial charge in [-0.2, -0.15) is 0 Å². The Labute approximate surface area is 482 Å². The van der Waals surface area contributed by atoms with Crippen molar-refractivity contribution in [3.63, 3.8) is 0 Å². The molecular formula is C72H122O6. The van der Waals surface area contributed by atoms with Crippen LogP contribution in [0, 0.1) is 0 Å². The lowest BCUT2D eigenvalue weighted by Gasteiger charge is -2.18.